The summed E-state index contributed by atoms with van der Waals surface area (Å²) in [5, 5.41) is 3.37. The minimum Gasteiger partial charge on any atom is -0.467 e. The molecule has 0 aliphatic heterocycles. The second-order valence-electron chi connectivity index (χ2n) is 6.43. The summed E-state index contributed by atoms with van der Waals surface area (Å²) in [6.45, 7) is 16.2. The van der Waals surface area contributed by atoms with E-state index in [1.165, 1.54) is 5.56 Å². The fourth-order valence-corrected chi connectivity index (χ4v) is 2.37. The van der Waals surface area contributed by atoms with Gasteiger partial charge in [0.15, 0.2) is 0 Å². The molecule has 0 saturated heterocycles. The summed E-state index contributed by atoms with van der Waals surface area (Å²) in [5.74, 6) is 0.899. The summed E-state index contributed by atoms with van der Waals surface area (Å²) >= 11 is 0. The first-order valence-electron chi connectivity index (χ1n) is 8.03. The van der Waals surface area contributed by atoms with Gasteiger partial charge < -0.3 is 14.5 Å². The Hall–Kier alpha value is -0.840. The van der Waals surface area contributed by atoms with Crippen LogP contribution in [-0.2, 0) is 17.9 Å². The van der Waals surface area contributed by atoms with E-state index in [1.54, 1.807) is 0 Å². The van der Waals surface area contributed by atoms with Crippen molar-refractivity contribution in [2.75, 3.05) is 13.2 Å². The van der Waals surface area contributed by atoms with Crippen molar-refractivity contribution in [1.29, 1.82) is 0 Å². The molecule has 21 heavy (non-hydrogen) atoms. The predicted molar refractivity (Wildman–Crippen MR) is 87.3 cm³/mol. The van der Waals surface area contributed by atoms with E-state index >= 15 is 0 Å². The van der Waals surface area contributed by atoms with E-state index in [2.05, 4.69) is 57.8 Å². The first kappa shape index (κ1) is 18.2. The van der Waals surface area contributed by atoms with Crippen molar-refractivity contribution in [1.82, 2.24) is 10.2 Å². The Labute approximate surface area is 129 Å². The van der Waals surface area contributed by atoms with Gasteiger partial charge in [0.25, 0.3) is 0 Å². The van der Waals surface area contributed by atoms with E-state index in [-0.39, 0.29) is 0 Å². The lowest BCUT2D eigenvalue weighted by atomic mass is 10.2. The summed E-state index contributed by atoms with van der Waals surface area (Å²) in [5.41, 5.74) is 1.17. The van der Waals surface area contributed by atoms with Crippen LogP contribution in [0.4, 0.5) is 0 Å². The van der Waals surface area contributed by atoms with Gasteiger partial charge in [0, 0.05) is 36.8 Å². The third kappa shape index (κ3) is 7.11. The largest absolute Gasteiger partial charge is 0.467 e. The third-order valence-corrected chi connectivity index (χ3v) is 3.49. The molecule has 0 unspecified atom stereocenters. The van der Waals surface area contributed by atoms with E-state index < -0.39 is 0 Å². The smallest absolute Gasteiger partial charge is 0.129 e. The van der Waals surface area contributed by atoms with Crippen molar-refractivity contribution in [2.24, 2.45) is 0 Å². The molecule has 0 spiro atoms. The lowest BCUT2D eigenvalue weighted by molar-refractivity contribution is 0.0621. The molecule has 0 fully saturated rings. The molecule has 0 atom stereocenters. The molecule has 0 aromatic carbocycles. The van der Waals surface area contributed by atoms with Gasteiger partial charge in [0.2, 0.25) is 0 Å². The van der Waals surface area contributed by atoms with Gasteiger partial charge in [0.05, 0.1) is 12.9 Å². The van der Waals surface area contributed by atoms with Crippen molar-refractivity contribution in [3.8, 4) is 0 Å². The maximum absolute atomic E-state index is 5.73. The molecule has 122 valence electrons. The number of hydrogen-bond acceptors (Lipinski definition) is 4. The molecule has 0 aliphatic rings. The van der Waals surface area contributed by atoms with Crippen molar-refractivity contribution < 1.29 is 9.15 Å². The Morgan fingerprint density at radius 3 is 2.38 bits per heavy atom. The number of rotatable bonds is 10. The molecule has 4 nitrogen and oxygen atoms in total. The van der Waals surface area contributed by atoms with Crippen LogP contribution < -0.4 is 5.32 Å². The van der Waals surface area contributed by atoms with Gasteiger partial charge in [-0.3, -0.25) is 4.90 Å². The van der Waals surface area contributed by atoms with Crippen LogP contribution in [-0.4, -0.2) is 36.2 Å². The fraction of sp³-hybridized carbons (Fsp3) is 0.765. The van der Waals surface area contributed by atoms with Gasteiger partial charge in [-0.15, -0.1) is 0 Å². The number of nitrogens with zero attached hydrogens (tertiary/aromatic N) is 1. The Morgan fingerprint density at radius 1 is 1.14 bits per heavy atom. The average Bonchev–Trinajstić information content (AvgIpc) is 2.83. The maximum atomic E-state index is 5.73. The summed E-state index contributed by atoms with van der Waals surface area (Å²) in [4.78, 5) is 2.43. The Bertz CT molecular complexity index is 378. The third-order valence-electron chi connectivity index (χ3n) is 3.49. The number of hydrogen-bond donors (Lipinski definition) is 1. The molecule has 1 N–H and O–H groups in total. The van der Waals surface area contributed by atoms with Crippen molar-refractivity contribution in [2.45, 2.75) is 72.8 Å². The van der Waals surface area contributed by atoms with Crippen LogP contribution in [0, 0.1) is 0 Å². The Morgan fingerprint density at radius 2 is 1.81 bits per heavy atom. The highest BCUT2D eigenvalue weighted by atomic mass is 16.5. The molecule has 0 saturated carbocycles. The first-order chi connectivity index (χ1) is 9.90. The zero-order valence-electron chi connectivity index (χ0n) is 14.5. The van der Waals surface area contributed by atoms with Gasteiger partial charge in [0.1, 0.15) is 12.4 Å². The highest BCUT2D eigenvalue weighted by molar-refractivity contribution is 5.12. The number of furan rings is 1. The number of nitrogens with one attached hydrogen (secondary N) is 1. The molecule has 1 heterocycles. The van der Waals surface area contributed by atoms with Crippen LogP contribution in [0.25, 0.3) is 0 Å². The minimum atomic E-state index is 0.484. The van der Waals surface area contributed by atoms with Crippen LogP contribution in [0.2, 0.25) is 0 Å². The van der Waals surface area contributed by atoms with Crippen LogP contribution in [0.1, 0.15) is 52.9 Å². The molecule has 0 bridgehead atoms. The highest BCUT2D eigenvalue weighted by Crippen LogP contribution is 2.10. The van der Waals surface area contributed by atoms with E-state index in [0.717, 1.165) is 25.5 Å². The summed E-state index contributed by atoms with van der Waals surface area (Å²) in [7, 11) is 0. The van der Waals surface area contributed by atoms with Crippen molar-refractivity contribution in [3.63, 3.8) is 0 Å². The van der Waals surface area contributed by atoms with E-state index in [0.29, 0.717) is 24.7 Å². The molecule has 0 aliphatic carbocycles. The van der Waals surface area contributed by atoms with Crippen molar-refractivity contribution in [3.05, 3.63) is 23.7 Å². The van der Waals surface area contributed by atoms with Gasteiger partial charge in [-0.05, 0) is 33.8 Å². The molecule has 4 heteroatoms. The Kier molecular flexibility index (Phi) is 8.01. The van der Waals surface area contributed by atoms with Crippen molar-refractivity contribution >= 4 is 0 Å². The zero-order chi connectivity index (χ0) is 15.8. The van der Waals surface area contributed by atoms with Gasteiger partial charge in [-0.25, -0.2) is 0 Å². The molecule has 0 amide bonds. The minimum absolute atomic E-state index is 0.484. The second kappa shape index (κ2) is 9.23. The summed E-state index contributed by atoms with van der Waals surface area (Å²) in [6, 6.07) is 3.65. The normalized spacial score (nSPS) is 12.3. The lowest BCUT2D eigenvalue weighted by Gasteiger charge is -2.30. The molecule has 1 aromatic heterocycles. The zero-order valence-corrected chi connectivity index (χ0v) is 14.5. The predicted octanol–water partition coefficient (Wildman–Crippen LogP) is 3.41. The van der Waals surface area contributed by atoms with Gasteiger partial charge in [-0.1, -0.05) is 13.8 Å². The maximum Gasteiger partial charge on any atom is 0.129 e. The quantitative estimate of drug-likeness (QED) is 0.671. The Balaban J connectivity index is 2.26. The molecule has 1 rings (SSSR count). The van der Waals surface area contributed by atoms with Crippen LogP contribution in [0.15, 0.2) is 16.7 Å². The van der Waals surface area contributed by atoms with E-state index in [4.69, 9.17) is 9.15 Å². The lowest BCUT2D eigenvalue weighted by Crippen LogP contribution is -2.39. The topological polar surface area (TPSA) is 37.6 Å². The van der Waals surface area contributed by atoms with Gasteiger partial charge >= 0.3 is 0 Å². The van der Waals surface area contributed by atoms with E-state index in [1.807, 2.05) is 6.26 Å². The monoisotopic (exact) mass is 296 g/mol. The second-order valence-corrected chi connectivity index (χ2v) is 6.43. The van der Waals surface area contributed by atoms with Crippen LogP contribution >= 0.6 is 0 Å². The van der Waals surface area contributed by atoms with Crippen LogP contribution in [0.3, 0.4) is 0 Å². The highest BCUT2D eigenvalue weighted by Gasteiger charge is 2.12. The summed E-state index contributed by atoms with van der Waals surface area (Å²) in [6.07, 6.45) is 1.81. The fourth-order valence-electron chi connectivity index (χ4n) is 2.37. The average molecular weight is 296 g/mol. The molecular formula is C17H32N2O2. The molecule has 1 aromatic rings. The SMILES string of the molecule is CC(C)NCc1coc(COCCN(C(C)C)C(C)C)c1. The number of ether oxygens (including phenoxy) is 1. The van der Waals surface area contributed by atoms with Gasteiger partial charge in [-0.2, -0.15) is 0 Å². The van der Waals surface area contributed by atoms with E-state index in [9.17, 15) is 0 Å². The molecular weight excluding hydrogens is 264 g/mol. The summed E-state index contributed by atoms with van der Waals surface area (Å²) < 4.78 is 11.3. The van der Waals surface area contributed by atoms with Crippen LogP contribution in [0.5, 0.6) is 0 Å². The standard InChI is InChI=1S/C17H32N2O2/c1-13(2)18-10-16-9-17(21-11-16)12-20-8-7-19(14(3)4)15(5)6/h9,11,13-15,18H,7-8,10,12H2,1-6H3. The molecule has 0 radical (unpaired) electrons. The first-order valence-corrected chi connectivity index (χ1v) is 8.03.